The molecule has 0 unspecified atom stereocenters. The van der Waals surface area contributed by atoms with Crippen molar-refractivity contribution in [3.63, 3.8) is 0 Å². The van der Waals surface area contributed by atoms with Gasteiger partial charge in [0.15, 0.2) is 0 Å². The minimum absolute atomic E-state index is 0.163. The van der Waals surface area contributed by atoms with Gasteiger partial charge in [0.2, 0.25) is 17.7 Å². The number of hydrogen-bond donors (Lipinski definition) is 1. The van der Waals surface area contributed by atoms with E-state index < -0.39 is 29.3 Å². The zero-order valence-corrected chi connectivity index (χ0v) is 22.2. The van der Waals surface area contributed by atoms with Crippen molar-refractivity contribution in [2.24, 2.45) is 11.8 Å². The number of imide groups is 1. The molecule has 0 bridgehead atoms. The highest BCUT2D eigenvalue weighted by atomic mass is 16.5. The van der Waals surface area contributed by atoms with E-state index in [1.807, 2.05) is 49.4 Å². The van der Waals surface area contributed by atoms with Gasteiger partial charge in [-0.3, -0.25) is 24.5 Å². The van der Waals surface area contributed by atoms with E-state index in [-0.39, 0.29) is 24.3 Å². The molecule has 2 saturated heterocycles. The Hall–Kier alpha value is -4.50. The largest absolute Gasteiger partial charge is 0.497 e. The third kappa shape index (κ3) is 3.18. The number of para-hydroxylation sites is 2. The Labute approximate surface area is 231 Å². The summed E-state index contributed by atoms with van der Waals surface area (Å²) in [6.07, 6.45) is 0.761. The average Bonchev–Trinajstić information content (AvgIpc) is 3.67. The molecular formula is C31H28N4O5. The number of benzene rings is 3. The lowest BCUT2D eigenvalue weighted by molar-refractivity contribution is -0.132. The van der Waals surface area contributed by atoms with Crippen LogP contribution in [0, 0.1) is 11.8 Å². The first-order chi connectivity index (χ1) is 19.4. The summed E-state index contributed by atoms with van der Waals surface area (Å²) in [4.78, 5) is 60.2. The van der Waals surface area contributed by atoms with E-state index in [1.54, 1.807) is 42.3 Å². The van der Waals surface area contributed by atoms with E-state index in [2.05, 4.69) is 5.32 Å². The number of anilines is 3. The smallest absolute Gasteiger partial charge is 0.253 e. The minimum atomic E-state index is -1.45. The van der Waals surface area contributed by atoms with Crippen molar-refractivity contribution in [3.05, 3.63) is 83.9 Å². The first-order valence-corrected chi connectivity index (χ1v) is 13.5. The molecule has 9 nitrogen and oxygen atoms in total. The topological polar surface area (TPSA) is 99.3 Å². The molecule has 40 heavy (non-hydrogen) atoms. The maximum Gasteiger partial charge on any atom is 0.253 e. The molecule has 4 atom stereocenters. The molecule has 0 aliphatic carbocycles. The van der Waals surface area contributed by atoms with Gasteiger partial charge in [-0.1, -0.05) is 36.4 Å². The monoisotopic (exact) mass is 536 g/mol. The van der Waals surface area contributed by atoms with Crippen LogP contribution in [0.1, 0.15) is 18.1 Å². The lowest BCUT2D eigenvalue weighted by atomic mass is 9.76. The number of nitrogens with one attached hydrogen (secondary N) is 1. The molecule has 4 heterocycles. The fraction of sp³-hybridized carbons (Fsp3) is 0.290. The van der Waals surface area contributed by atoms with Crippen LogP contribution in [0.5, 0.6) is 5.75 Å². The van der Waals surface area contributed by atoms with Crippen LogP contribution in [-0.2, 0) is 31.1 Å². The fourth-order valence-electron chi connectivity index (χ4n) is 7.07. The van der Waals surface area contributed by atoms with Crippen LogP contribution in [0.4, 0.5) is 17.1 Å². The van der Waals surface area contributed by atoms with Crippen molar-refractivity contribution in [2.45, 2.75) is 24.9 Å². The molecule has 1 N–H and O–H groups in total. The molecule has 0 radical (unpaired) electrons. The molecule has 4 aliphatic heterocycles. The maximum atomic E-state index is 14.4. The number of carbonyl (C=O) groups is 4. The number of ether oxygens (including phenoxy) is 1. The Morgan fingerprint density at radius 2 is 1.65 bits per heavy atom. The van der Waals surface area contributed by atoms with Gasteiger partial charge in [0.1, 0.15) is 17.8 Å². The van der Waals surface area contributed by atoms with E-state index in [0.717, 1.165) is 17.7 Å². The summed E-state index contributed by atoms with van der Waals surface area (Å²) in [6.45, 7) is 2.22. The standard InChI is InChI=1S/C31H28N4O5/c1-18-26-27(29(38)35(28(26)37)20-11-13-21(40-2)14-12-20)31(32-18)22-8-4-6-10-24(22)34(30(31)39)17-25(36)33-16-15-19-7-3-5-9-23(19)33/h3-14,18,26-27,32H,15-17H2,1-2H3/t18-,26+,27-,31+/m0/s1. The number of fused-ring (bicyclic) bond motifs is 5. The van der Waals surface area contributed by atoms with Gasteiger partial charge in [0.05, 0.1) is 24.6 Å². The molecular weight excluding hydrogens is 508 g/mol. The molecule has 2 fully saturated rings. The molecule has 7 rings (SSSR count). The van der Waals surface area contributed by atoms with Gasteiger partial charge in [-0.2, -0.15) is 0 Å². The number of nitrogens with zero attached hydrogens (tertiary/aromatic N) is 3. The van der Waals surface area contributed by atoms with Crippen LogP contribution < -0.4 is 24.8 Å². The first kappa shape index (κ1) is 24.5. The molecule has 9 heteroatoms. The van der Waals surface area contributed by atoms with Crippen LogP contribution >= 0.6 is 0 Å². The molecule has 3 aromatic rings. The van der Waals surface area contributed by atoms with Gasteiger partial charge < -0.3 is 14.5 Å². The predicted octanol–water partition coefficient (Wildman–Crippen LogP) is 2.62. The summed E-state index contributed by atoms with van der Waals surface area (Å²) in [5, 5.41) is 3.37. The van der Waals surface area contributed by atoms with Crippen molar-refractivity contribution in [3.8, 4) is 5.75 Å². The molecule has 0 saturated carbocycles. The Kier molecular flexibility index (Phi) is 5.37. The van der Waals surface area contributed by atoms with Gasteiger partial charge in [-0.25, -0.2) is 4.90 Å². The van der Waals surface area contributed by atoms with E-state index in [1.165, 1.54) is 9.80 Å². The number of hydrogen-bond acceptors (Lipinski definition) is 6. The molecule has 0 aromatic heterocycles. The average molecular weight is 537 g/mol. The Bertz CT molecular complexity index is 1590. The van der Waals surface area contributed by atoms with Crippen molar-refractivity contribution in [1.82, 2.24) is 5.32 Å². The van der Waals surface area contributed by atoms with E-state index in [9.17, 15) is 19.2 Å². The second-order valence-corrected chi connectivity index (χ2v) is 10.8. The number of carbonyl (C=O) groups excluding carboxylic acids is 4. The van der Waals surface area contributed by atoms with Crippen LogP contribution in [0.2, 0.25) is 0 Å². The van der Waals surface area contributed by atoms with E-state index in [4.69, 9.17) is 4.74 Å². The molecule has 3 aromatic carbocycles. The van der Waals surface area contributed by atoms with Crippen molar-refractivity contribution >= 4 is 40.7 Å². The Morgan fingerprint density at radius 1 is 0.950 bits per heavy atom. The SMILES string of the molecule is COc1ccc(N2C(=O)[C@@H]3[C@H](C)N[C@@]4(C(=O)N(CC(=O)N5CCc6ccccc65)c5ccccc54)[C@@H]3C2=O)cc1. The van der Waals surface area contributed by atoms with Gasteiger partial charge in [-0.05, 0) is 55.3 Å². The molecule has 202 valence electrons. The summed E-state index contributed by atoms with van der Waals surface area (Å²) >= 11 is 0. The van der Waals surface area contributed by atoms with Crippen molar-refractivity contribution in [1.29, 1.82) is 0 Å². The van der Waals surface area contributed by atoms with Crippen molar-refractivity contribution < 1.29 is 23.9 Å². The maximum absolute atomic E-state index is 14.4. The lowest BCUT2D eigenvalue weighted by Gasteiger charge is -2.30. The van der Waals surface area contributed by atoms with E-state index >= 15 is 0 Å². The van der Waals surface area contributed by atoms with Crippen LogP contribution in [0.15, 0.2) is 72.8 Å². The third-order valence-corrected chi connectivity index (χ3v) is 8.83. The van der Waals surface area contributed by atoms with Crippen LogP contribution in [0.25, 0.3) is 0 Å². The van der Waals surface area contributed by atoms with Crippen LogP contribution in [-0.4, -0.2) is 49.9 Å². The van der Waals surface area contributed by atoms with Gasteiger partial charge >= 0.3 is 0 Å². The quantitative estimate of drug-likeness (QED) is 0.515. The Balaban J connectivity index is 1.26. The highest BCUT2D eigenvalue weighted by molar-refractivity contribution is 6.26. The number of methoxy groups -OCH3 is 1. The van der Waals surface area contributed by atoms with Gasteiger partial charge in [0, 0.05) is 29.5 Å². The zero-order chi connectivity index (χ0) is 27.8. The fourth-order valence-corrected chi connectivity index (χ4v) is 7.07. The van der Waals surface area contributed by atoms with E-state index in [0.29, 0.717) is 29.2 Å². The summed E-state index contributed by atoms with van der Waals surface area (Å²) in [7, 11) is 1.55. The van der Waals surface area contributed by atoms with Gasteiger partial charge in [0.25, 0.3) is 5.91 Å². The Morgan fingerprint density at radius 3 is 2.40 bits per heavy atom. The number of rotatable bonds is 4. The summed E-state index contributed by atoms with van der Waals surface area (Å²) in [5.74, 6) is -2.41. The third-order valence-electron chi connectivity index (χ3n) is 8.83. The molecule has 1 spiro atoms. The molecule has 4 aliphatic rings. The van der Waals surface area contributed by atoms with Crippen LogP contribution in [0.3, 0.4) is 0 Å². The van der Waals surface area contributed by atoms with Gasteiger partial charge in [-0.15, -0.1) is 0 Å². The minimum Gasteiger partial charge on any atom is -0.497 e. The molecule has 4 amide bonds. The summed E-state index contributed by atoms with van der Waals surface area (Å²) in [6, 6.07) is 21.3. The lowest BCUT2D eigenvalue weighted by Crippen LogP contribution is -2.56. The zero-order valence-electron chi connectivity index (χ0n) is 22.2. The highest BCUT2D eigenvalue weighted by Crippen LogP contribution is 2.55. The normalized spacial score (nSPS) is 26.5. The van der Waals surface area contributed by atoms with Crippen molar-refractivity contribution in [2.75, 3.05) is 34.9 Å². The summed E-state index contributed by atoms with van der Waals surface area (Å²) in [5.41, 5.74) is 2.15. The number of amides is 4. The first-order valence-electron chi connectivity index (χ1n) is 13.5. The second-order valence-electron chi connectivity index (χ2n) is 10.8. The predicted molar refractivity (Wildman–Crippen MR) is 148 cm³/mol. The highest BCUT2D eigenvalue weighted by Gasteiger charge is 2.71. The second kappa shape index (κ2) is 8.76. The summed E-state index contributed by atoms with van der Waals surface area (Å²) < 4.78 is 5.23.